The van der Waals surface area contributed by atoms with E-state index in [2.05, 4.69) is 26.8 Å². The van der Waals surface area contributed by atoms with E-state index in [1.54, 1.807) is 18.2 Å². The minimum absolute atomic E-state index is 0.00776. The van der Waals surface area contributed by atoms with Gasteiger partial charge in [0.15, 0.2) is 0 Å². The quantitative estimate of drug-likeness (QED) is 0.830. The van der Waals surface area contributed by atoms with Crippen molar-refractivity contribution >= 4 is 39.1 Å². The highest BCUT2D eigenvalue weighted by molar-refractivity contribution is 9.11. The molecule has 2 aromatic rings. The summed E-state index contributed by atoms with van der Waals surface area (Å²) in [6.07, 6.45) is -0.00776. The Kier molecular flexibility index (Phi) is 4.86. The number of hydrogen-bond acceptors (Lipinski definition) is 3. The second-order valence-corrected chi connectivity index (χ2v) is 6.38. The Morgan fingerprint density at radius 2 is 2.00 bits per heavy atom. The van der Waals surface area contributed by atoms with Crippen LogP contribution < -0.4 is 10.9 Å². The summed E-state index contributed by atoms with van der Waals surface area (Å²) in [4.78, 5) is 23.8. The Bertz CT molecular complexity index is 645. The molecule has 0 saturated carbocycles. The first-order valence-corrected chi connectivity index (χ1v) is 7.24. The molecule has 104 valence electrons. The fourth-order valence-electron chi connectivity index (χ4n) is 1.50. The van der Waals surface area contributed by atoms with Crippen LogP contribution in [-0.4, -0.2) is 11.8 Å². The fraction of sp³-hybridized carbons (Fsp3) is 0.0769. The summed E-state index contributed by atoms with van der Waals surface area (Å²) < 4.78 is 13.8. The van der Waals surface area contributed by atoms with Gasteiger partial charge in [0.25, 0.3) is 5.91 Å². The molecule has 1 aromatic heterocycles. The summed E-state index contributed by atoms with van der Waals surface area (Å²) in [7, 11) is 0. The average molecular weight is 357 g/mol. The Morgan fingerprint density at radius 3 is 2.65 bits per heavy atom. The number of thiophene rings is 1. The molecule has 0 aliphatic carbocycles. The van der Waals surface area contributed by atoms with Gasteiger partial charge < -0.3 is 0 Å². The number of benzene rings is 1. The lowest BCUT2D eigenvalue weighted by Crippen LogP contribution is -2.42. The van der Waals surface area contributed by atoms with Crippen LogP contribution in [0.3, 0.4) is 0 Å². The van der Waals surface area contributed by atoms with E-state index in [4.69, 9.17) is 0 Å². The van der Waals surface area contributed by atoms with Gasteiger partial charge in [-0.05, 0) is 45.8 Å². The third kappa shape index (κ3) is 4.14. The lowest BCUT2D eigenvalue weighted by Gasteiger charge is -2.06. The van der Waals surface area contributed by atoms with Gasteiger partial charge in [0.2, 0.25) is 5.91 Å². The highest BCUT2D eigenvalue weighted by Gasteiger charge is 2.10. The van der Waals surface area contributed by atoms with Gasteiger partial charge in [-0.2, -0.15) is 0 Å². The summed E-state index contributed by atoms with van der Waals surface area (Å²) in [5.41, 5.74) is 5.13. The molecule has 2 rings (SSSR count). The van der Waals surface area contributed by atoms with Crippen LogP contribution in [0.5, 0.6) is 0 Å². The molecule has 0 fully saturated rings. The molecule has 2 amide bonds. The zero-order valence-electron chi connectivity index (χ0n) is 10.2. The molecule has 20 heavy (non-hydrogen) atoms. The van der Waals surface area contributed by atoms with Gasteiger partial charge >= 0.3 is 0 Å². The molecule has 0 unspecified atom stereocenters. The Hall–Kier alpha value is -1.73. The number of hydrogen-bond donors (Lipinski definition) is 2. The van der Waals surface area contributed by atoms with Crippen LogP contribution in [0.15, 0.2) is 40.2 Å². The van der Waals surface area contributed by atoms with E-state index in [1.807, 2.05) is 0 Å². The first kappa shape index (κ1) is 14.7. The lowest BCUT2D eigenvalue weighted by molar-refractivity contribution is -0.121. The van der Waals surface area contributed by atoms with Gasteiger partial charge in [-0.15, -0.1) is 11.3 Å². The van der Waals surface area contributed by atoms with Crippen molar-refractivity contribution in [3.8, 4) is 0 Å². The van der Waals surface area contributed by atoms with Crippen LogP contribution in [0, 0.1) is 5.82 Å². The van der Waals surface area contributed by atoms with Gasteiger partial charge in [-0.3, -0.25) is 20.4 Å². The number of carbonyl (C=O) groups is 2. The largest absolute Gasteiger partial charge is 0.279 e. The second kappa shape index (κ2) is 6.62. The Labute approximate surface area is 127 Å². The minimum Gasteiger partial charge on any atom is -0.273 e. The number of carbonyl (C=O) groups excluding carboxylic acids is 2. The first-order chi connectivity index (χ1) is 9.54. The van der Waals surface area contributed by atoms with Crippen LogP contribution in [-0.2, 0) is 11.2 Å². The Morgan fingerprint density at radius 1 is 1.20 bits per heavy atom. The molecule has 2 N–H and O–H groups in total. The molecular weight excluding hydrogens is 347 g/mol. The maximum absolute atomic E-state index is 13.0. The number of rotatable bonds is 3. The van der Waals surface area contributed by atoms with E-state index in [9.17, 15) is 14.0 Å². The number of hydrazine groups is 1. The van der Waals surface area contributed by atoms with E-state index in [-0.39, 0.29) is 6.42 Å². The maximum atomic E-state index is 13.0. The molecule has 1 heterocycles. The molecule has 0 radical (unpaired) electrons. The van der Waals surface area contributed by atoms with E-state index in [0.717, 1.165) is 3.79 Å². The van der Waals surface area contributed by atoms with Gasteiger partial charge in [0.1, 0.15) is 5.82 Å². The summed E-state index contributed by atoms with van der Waals surface area (Å²) in [5, 5.41) is 0. The second-order valence-electron chi connectivity index (χ2n) is 3.91. The third-order valence-electron chi connectivity index (χ3n) is 2.37. The van der Waals surface area contributed by atoms with Crippen molar-refractivity contribution in [1.29, 1.82) is 0 Å². The van der Waals surface area contributed by atoms with Gasteiger partial charge in [-0.25, -0.2) is 4.39 Å². The van der Waals surface area contributed by atoms with Gasteiger partial charge in [0, 0.05) is 0 Å². The minimum atomic E-state index is -0.417. The van der Waals surface area contributed by atoms with Crippen LogP contribution >= 0.6 is 27.3 Å². The normalized spacial score (nSPS) is 10.1. The third-order valence-corrected chi connectivity index (χ3v) is 3.99. The van der Waals surface area contributed by atoms with Crippen LogP contribution in [0.4, 0.5) is 4.39 Å². The molecule has 1 aromatic carbocycles. The molecule has 0 spiro atoms. The monoisotopic (exact) mass is 356 g/mol. The van der Waals surface area contributed by atoms with Crippen molar-refractivity contribution in [2.24, 2.45) is 0 Å². The standard InChI is InChI=1S/C13H10BrFN2O2S/c14-11-5-4-10(20-11)13(19)17-16-12(18)7-8-2-1-3-9(15)6-8/h1-6H,7H2,(H,16,18)(H,17,19). The van der Waals surface area contributed by atoms with Crippen molar-refractivity contribution in [2.75, 3.05) is 0 Å². The van der Waals surface area contributed by atoms with E-state index in [0.29, 0.717) is 10.4 Å². The van der Waals surface area contributed by atoms with Gasteiger partial charge in [0.05, 0.1) is 15.1 Å². The fourth-order valence-corrected chi connectivity index (χ4v) is 2.78. The molecule has 0 saturated heterocycles. The summed E-state index contributed by atoms with van der Waals surface area (Å²) in [6, 6.07) is 9.13. The molecule has 0 aliphatic rings. The van der Waals surface area contributed by atoms with E-state index >= 15 is 0 Å². The average Bonchev–Trinajstić information content (AvgIpc) is 2.83. The maximum Gasteiger partial charge on any atom is 0.279 e. The number of nitrogens with one attached hydrogen (secondary N) is 2. The van der Waals surface area contributed by atoms with E-state index in [1.165, 1.54) is 29.5 Å². The van der Waals surface area contributed by atoms with Crippen molar-refractivity contribution < 1.29 is 14.0 Å². The molecule has 0 aliphatic heterocycles. The molecule has 7 heteroatoms. The molecule has 0 atom stereocenters. The van der Waals surface area contributed by atoms with Crippen LogP contribution in [0.25, 0.3) is 0 Å². The summed E-state index contributed by atoms with van der Waals surface area (Å²) in [5.74, 6) is -1.21. The highest BCUT2D eigenvalue weighted by atomic mass is 79.9. The summed E-state index contributed by atoms with van der Waals surface area (Å²) in [6.45, 7) is 0. The molecular formula is C13H10BrFN2O2S. The topological polar surface area (TPSA) is 58.2 Å². The molecule has 0 bridgehead atoms. The van der Waals surface area contributed by atoms with Crippen LogP contribution in [0.2, 0.25) is 0 Å². The van der Waals surface area contributed by atoms with Crippen molar-refractivity contribution in [3.63, 3.8) is 0 Å². The van der Waals surface area contributed by atoms with Crippen LogP contribution in [0.1, 0.15) is 15.2 Å². The predicted octanol–water partition coefficient (Wildman–Crippen LogP) is 2.65. The Balaban J connectivity index is 1.85. The smallest absolute Gasteiger partial charge is 0.273 e. The van der Waals surface area contributed by atoms with Crippen molar-refractivity contribution in [3.05, 3.63) is 56.4 Å². The van der Waals surface area contributed by atoms with Crippen molar-refractivity contribution in [1.82, 2.24) is 10.9 Å². The highest BCUT2D eigenvalue weighted by Crippen LogP contribution is 2.21. The lowest BCUT2D eigenvalue weighted by atomic mass is 10.1. The SMILES string of the molecule is O=C(Cc1cccc(F)c1)NNC(=O)c1ccc(Br)s1. The summed E-state index contributed by atoms with van der Waals surface area (Å²) >= 11 is 4.50. The number of halogens is 2. The van der Waals surface area contributed by atoms with Crippen molar-refractivity contribution in [2.45, 2.75) is 6.42 Å². The zero-order chi connectivity index (χ0) is 14.5. The van der Waals surface area contributed by atoms with Gasteiger partial charge in [-0.1, -0.05) is 12.1 Å². The number of amides is 2. The first-order valence-electron chi connectivity index (χ1n) is 5.63. The van der Waals surface area contributed by atoms with E-state index < -0.39 is 17.6 Å². The zero-order valence-corrected chi connectivity index (χ0v) is 12.6. The molecule has 4 nitrogen and oxygen atoms in total. The predicted molar refractivity (Wildman–Crippen MR) is 77.7 cm³/mol.